The smallest absolute Gasteiger partial charge is 0.231 e. The van der Waals surface area contributed by atoms with Gasteiger partial charge in [0.25, 0.3) is 0 Å². The number of benzene rings is 2. The Hall–Kier alpha value is -2.69. The van der Waals surface area contributed by atoms with E-state index in [0.29, 0.717) is 17.9 Å². The molecular formula is C20H23NO4. The number of rotatable bonds is 5. The lowest BCUT2D eigenvalue weighted by Gasteiger charge is -2.30. The third-order valence-corrected chi connectivity index (χ3v) is 4.52. The summed E-state index contributed by atoms with van der Waals surface area (Å²) >= 11 is 0. The first kappa shape index (κ1) is 17.1. The van der Waals surface area contributed by atoms with Gasteiger partial charge in [0.05, 0.1) is 33.4 Å². The van der Waals surface area contributed by atoms with Crippen molar-refractivity contribution in [3.05, 3.63) is 47.5 Å². The molecule has 3 rings (SSSR count). The summed E-state index contributed by atoms with van der Waals surface area (Å²) < 4.78 is 15.9. The van der Waals surface area contributed by atoms with Gasteiger partial charge in [0.2, 0.25) is 5.91 Å². The fourth-order valence-corrected chi connectivity index (χ4v) is 3.20. The number of nitrogens with zero attached hydrogens (tertiary/aromatic N) is 1. The second-order valence-electron chi connectivity index (χ2n) is 6.01. The highest BCUT2D eigenvalue weighted by Crippen LogP contribution is 2.32. The topological polar surface area (TPSA) is 48.0 Å². The Morgan fingerprint density at radius 3 is 2.52 bits per heavy atom. The van der Waals surface area contributed by atoms with E-state index in [1.54, 1.807) is 21.3 Å². The van der Waals surface area contributed by atoms with Crippen LogP contribution in [0.15, 0.2) is 36.4 Å². The summed E-state index contributed by atoms with van der Waals surface area (Å²) in [6.45, 7) is 0.728. The van der Waals surface area contributed by atoms with E-state index in [2.05, 4.69) is 0 Å². The molecule has 0 atom stereocenters. The molecule has 1 amide bonds. The van der Waals surface area contributed by atoms with Crippen molar-refractivity contribution in [3.63, 3.8) is 0 Å². The molecule has 1 aliphatic heterocycles. The zero-order valence-electron chi connectivity index (χ0n) is 14.9. The largest absolute Gasteiger partial charge is 0.497 e. The summed E-state index contributed by atoms with van der Waals surface area (Å²) in [5.41, 5.74) is 3.04. The van der Waals surface area contributed by atoms with Crippen molar-refractivity contribution in [2.24, 2.45) is 0 Å². The number of hydrogen-bond acceptors (Lipinski definition) is 4. The van der Waals surface area contributed by atoms with Gasteiger partial charge >= 0.3 is 0 Å². The van der Waals surface area contributed by atoms with Crippen LogP contribution < -0.4 is 19.1 Å². The lowest BCUT2D eigenvalue weighted by Crippen LogP contribution is -2.36. The molecule has 0 spiro atoms. The van der Waals surface area contributed by atoms with Gasteiger partial charge in [-0.1, -0.05) is 12.1 Å². The number of hydrogen-bond donors (Lipinski definition) is 0. The number of amides is 1. The van der Waals surface area contributed by atoms with Gasteiger partial charge in [-0.3, -0.25) is 4.79 Å². The quantitative estimate of drug-likeness (QED) is 0.838. The Kier molecular flexibility index (Phi) is 5.12. The molecule has 5 nitrogen and oxygen atoms in total. The molecule has 2 aromatic carbocycles. The number of ether oxygens (including phenoxy) is 3. The van der Waals surface area contributed by atoms with E-state index >= 15 is 0 Å². The molecular weight excluding hydrogens is 318 g/mol. The highest BCUT2D eigenvalue weighted by Gasteiger charge is 2.23. The van der Waals surface area contributed by atoms with Crippen molar-refractivity contribution in [2.45, 2.75) is 19.3 Å². The summed E-state index contributed by atoms with van der Waals surface area (Å²) in [5.74, 6) is 2.13. The third-order valence-electron chi connectivity index (χ3n) is 4.52. The fourth-order valence-electron chi connectivity index (χ4n) is 3.20. The molecule has 0 saturated heterocycles. The molecule has 0 aliphatic carbocycles. The first-order valence-electron chi connectivity index (χ1n) is 8.34. The van der Waals surface area contributed by atoms with E-state index in [0.717, 1.165) is 36.4 Å². The second-order valence-corrected chi connectivity index (χ2v) is 6.01. The highest BCUT2D eigenvalue weighted by molar-refractivity contribution is 5.96. The molecule has 0 radical (unpaired) electrons. The first-order valence-corrected chi connectivity index (χ1v) is 8.34. The standard InChI is InChI=1S/C20H23NO4/c1-23-16-8-7-15-5-4-10-21(17(15)13-16)20(22)12-14-6-9-18(24-2)19(11-14)25-3/h6-9,11,13H,4-5,10,12H2,1-3H3. The second kappa shape index (κ2) is 7.47. The van der Waals surface area contributed by atoms with Crippen LogP contribution in [0.5, 0.6) is 17.2 Å². The molecule has 0 N–H and O–H groups in total. The van der Waals surface area contributed by atoms with Crippen LogP contribution in [0.4, 0.5) is 5.69 Å². The summed E-state index contributed by atoms with van der Waals surface area (Å²) in [6.07, 6.45) is 2.27. The van der Waals surface area contributed by atoms with Crippen LogP contribution in [0.2, 0.25) is 0 Å². The van der Waals surface area contributed by atoms with E-state index in [1.165, 1.54) is 5.56 Å². The van der Waals surface area contributed by atoms with Crippen molar-refractivity contribution < 1.29 is 19.0 Å². The number of carbonyl (C=O) groups is 1. The van der Waals surface area contributed by atoms with Crippen LogP contribution in [-0.2, 0) is 17.6 Å². The van der Waals surface area contributed by atoms with Crippen molar-refractivity contribution >= 4 is 11.6 Å². The molecule has 25 heavy (non-hydrogen) atoms. The van der Waals surface area contributed by atoms with Crippen molar-refractivity contribution in [1.82, 2.24) is 0 Å². The van der Waals surface area contributed by atoms with E-state index in [9.17, 15) is 4.79 Å². The Balaban J connectivity index is 1.83. The molecule has 0 saturated carbocycles. The van der Waals surface area contributed by atoms with Crippen molar-refractivity contribution in [1.29, 1.82) is 0 Å². The van der Waals surface area contributed by atoms with Gasteiger partial charge in [-0.05, 0) is 42.2 Å². The minimum Gasteiger partial charge on any atom is -0.497 e. The monoisotopic (exact) mass is 341 g/mol. The summed E-state index contributed by atoms with van der Waals surface area (Å²) in [6, 6.07) is 11.5. The van der Waals surface area contributed by atoms with Crippen LogP contribution in [0, 0.1) is 0 Å². The predicted octanol–water partition coefficient (Wildman–Crippen LogP) is 3.23. The maximum atomic E-state index is 12.9. The van der Waals surface area contributed by atoms with Gasteiger partial charge in [0.15, 0.2) is 11.5 Å². The highest BCUT2D eigenvalue weighted by atomic mass is 16.5. The van der Waals surface area contributed by atoms with Gasteiger partial charge < -0.3 is 19.1 Å². The SMILES string of the molecule is COc1ccc2c(c1)N(C(=O)Cc1ccc(OC)c(OC)c1)CCC2. The Morgan fingerprint density at radius 2 is 1.80 bits per heavy atom. The molecule has 0 bridgehead atoms. The summed E-state index contributed by atoms with van der Waals surface area (Å²) in [5, 5.41) is 0. The zero-order valence-corrected chi connectivity index (χ0v) is 14.9. The van der Waals surface area contributed by atoms with Gasteiger partial charge in [-0.2, -0.15) is 0 Å². The van der Waals surface area contributed by atoms with Crippen LogP contribution in [0.3, 0.4) is 0 Å². The predicted molar refractivity (Wildman–Crippen MR) is 96.9 cm³/mol. The molecule has 5 heteroatoms. The summed E-state index contributed by atoms with van der Waals surface area (Å²) in [7, 11) is 4.83. The molecule has 0 fully saturated rings. The minimum absolute atomic E-state index is 0.0708. The number of anilines is 1. The summed E-state index contributed by atoms with van der Waals surface area (Å²) in [4.78, 5) is 14.8. The van der Waals surface area contributed by atoms with Crippen molar-refractivity contribution in [2.75, 3.05) is 32.8 Å². The molecule has 1 heterocycles. The normalized spacial score (nSPS) is 13.2. The Bertz CT molecular complexity index is 772. The number of carbonyl (C=O) groups excluding carboxylic acids is 1. The number of fused-ring (bicyclic) bond motifs is 1. The lowest BCUT2D eigenvalue weighted by molar-refractivity contribution is -0.118. The fraction of sp³-hybridized carbons (Fsp3) is 0.350. The van der Waals surface area contributed by atoms with Crippen LogP contribution >= 0.6 is 0 Å². The number of aryl methyl sites for hydroxylation is 1. The van der Waals surface area contributed by atoms with Gasteiger partial charge in [0, 0.05) is 12.6 Å². The van der Waals surface area contributed by atoms with Crippen LogP contribution in [0.25, 0.3) is 0 Å². The lowest BCUT2D eigenvalue weighted by atomic mass is 10.0. The zero-order chi connectivity index (χ0) is 17.8. The molecule has 132 valence electrons. The molecule has 2 aromatic rings. The molecule has 0 aromatic heterocycles. The molecule has 0 unspecified atom stereocenters. The van der Waals surface area contributed by atoms with Crippen molar-refractivity contribution in [3.8, 4) is 17.2 Å². The van der Waals surface area contributed by atoms with Gasteiger partial charge in [-0.25, -0.2) is 0 Å². The maximum Gasteiger partial charge on any atom is 0.231 e. The van der Waals surface area contributed by atoms with E-state index in [-0.39, 0.29) is 5.91 Å². The van der Waals surface area contributed by atoms with E-state index < -0.39 is 0 Å². The van der Waals surface area contributed by atoms with Crippen LogP contribution in [0.1, 0.15) is 17.5 Å². The minimum atomic E-state index is 0.0708. The molecule has 1 aliphatic rings. The number of methoxy groups -OCH3 is 3. The average Bonchev–Trinajstić information content (AvgIpc) is 2.66. The third kappa shape index (κ3) is 3.55. The van der Waals surface area contributed by atoms with E-state index in [4.69, 9.17) is 14.2 Å². The average molecular weight is 341 g/mol. The van der Waals surface area contributed by atoms with Gasteiger partial charge in [0.1, 0.15) is 5.75 Å². The maximum absolute atomic E-state index is 12.9. The van der Waals surface area contributed by atoms with Gasteiger partial charge in [-0.15, -0.1) is 0 Å². The first-order chi connectivity index (χ1) is 12.2. The van der Waals surface area contributed by atoms with E-state index in [1.807, 2.05) is 41.3 Å². The Labute approximate surface area is 148 Å². The van der Waals surface area contributed by atoms with Crippen LogP contribution in [-0.4, -0.2) is 33.8 Å². The Morgan fingerprint density at radius 1 is 1.00 bits per heavy atom.